The van der Waals surface area contributed by atoms with Gasteiger partial charge in [-0.1, -0.05) is 11.8 Å². The van der Waals surface area contributed by atoms with Crippen LogP contribution in [-0.2, 0) is 10.3 Å². The Labute approximate surface area is 195 Å². The summed E-state index contributed by atoms with van der Waals surface area (Å²) in [6.45, 7) is -0.646. The highest BCUT2D eigenvalue weighted by molar-refractivity contribution is 8.13. The number of carbonyl (C=O) groups excluding carboxylic acids is 1. The maximum absolute atomic E-state index is 15.7. The number of aliphatic imine (C=N–C) groups is 1. The van der Waals surface area contributed by atoms with Crippen LogP contribution in [0.3, 0.4) is 0 Å². The lowest BCUT2D eigenvalue weighted by Crippen LogP contribution is -2.52. The number of ether oxygens (including phenoxy) is 2. The maximum Gasteiger partial charge on any atom is 0.275 e. The first kappa shape index (κ1) is 22.8. The van der Waals surface area contributed by atoms with E-state index in [1.165, 1.54) is 12.1 Å². The first-order chi connectivity index (χ1) is 16.1. The molecule has 2 aliphatic heterocycles. The van der Waals surface area contributed by atoms with E-state index in [9.17, 15) is 18.0 Å². The fourth-order valence-corrected chi connectivity index (χ4v) is 4.87. The molecule has 8 nitrogen and oxygen atoms in total. The zero-order valence-corrected chi connectivity index (χ0v) is 18.4. The number of thioether (sulfide) groups is 1. The van der Waals surface area contributed by atoms with E-state index in [2.05, 4.69) is 20.3 Å². The molecule has 3 heterocycles. The number of halogens is 4. The molecule has 3 aliphatic rings. The van der Waals surface area contributed by atoms with Crippen molar-refractivity contribution in [2.24, 2.45) is 16.6 Å². The average Bonchev–Trinajstić information content (AvgIpc) is 3.27. The molecule has 1 saturated heterocycles. The summed E-state index contributed by atoms with van der Waals surface area (Å²) < 4.78 is 66.9. The van der Waals surface area contributed by atoms with Gasteiger partial charge in [0.2, 0.25) is 5.88 Å². The molecule has 180 valence electrons. The Morgan fingerprint density at radius 2 is 2.06 bits per heavy atom. The monoisotopic (exact) mass is 497 g/mol. The Morgan fingerprint density at radius 1 is 1.26 bits per heavy atom. The van der Waals surface area contributed by atoms with Crippen molar-refractivity contribution >= 4 is 28.5 Å². The lowest BCUT2D eigenvalue weighted by Gasteiger charge is -2.38. The molecule has 3 N–H and O–H groups in total. The normalized spacial score (nSPS) is 29.2. The Kier molecular flexibility index (Phi) is 5.43. The molecule has 1 amide bonds. The van der Waals surface area contributed by atoms with Crippen LogP contribution in [0.2, 0.25) is 0 Å². The summed E-state index contributed by atoms with van der Waals surface area (Å²) in [5, 5.41) is 2.68. The van der Waals surface area contributed by atoms with Crippen molar-refractivity contribution in [2.45, 2.75) is 23.6 Å². The van der Waals surface area contributed by atoms with E-state index in [0.29, 0.717) is 0 Å². The molecule has 0 radical (unpaired) electrons. The van der Waals surface area contributed by atoms with Gasteiger partial charge in [0.05, 0.1) is 38.1 Å². The van der Waals surface area contributed by atoms with Gasteiger partial charge < -0.3 is 20.5 Å². The number of nitrogens with zero attached hydrogens (tertiary/aromatic N) is 3. The maximum atomic E-state index is 15.7. The summed E-state index contributed by atoms with van der Waals surface area (Å²) in [4.78, 5) is 24.7. The van der Waals surface area contributed by atoms with Gasteiger partial charge in [-0.2, -0.15) is 0 Å². The first-order valence-electron chi connectivity index (χ1n) is 10.3. The van der Waals surface area contributed by atoms with Gasteiger partial charge >= 0.3 is 0 Å². The minimum absolute atomic E-state index is 0.00792. The Hall–Kier alpha value is -2.93. The van der Waals surface area contributed by atoms with Gasteiger partial charge in [-0.15, -0.1) is 0 Å². The van der Waals surface area contributed by atoms with Crippen molar-refractivity contribution in [3.8, 4) is 5.88 Å². The molecule has 3 atom stereocenters. The van der Waals surface area contributed by atoms with E-state index in [1.54, 1.807) is 0 Å². The number of hydrogen-bond donors (Lipinski definition) is 2. The molecule has 0 spiro atoms. The fraction of sp³-hybridized carbons (Fsp3) is 0.429. The lowest BCUT2D eigenvalue weighted by molar-refractivity contribution is 0.0849. The fourth-order valence-electron chi connectivity index (χ4n) is 3.95. The number of amidine groups is 1. The number of nitrogens with two attached hydrogens (primary N) is 1. The summed E-state index contributed by atoms with van der Waals surface area (Å²) in [7, 11) is 0. The SMILES string of the molecule is NC1=NC2(c3cc(NC(=O)c4cnc(OCC5CC5(F)F)cn4)ccc3F)COCC2(F)CS1. The van der Waals surface area contributed by atoms with Crippen LogP contribution in [-0.4, -0.2) is 58.2 Å². The predicted molar refractivity (Wildman–Crippen MR) is 115 cm³/mol. The van der Waals surface area contributed by atoms with Gasteiger partial charge in [0, 0.05) is 23.4 Å². The van der Waals surface area contributed by atoms with Crippen LogP contribution in [0.15, 0.2) is 35.6 Å². The Morgan fingerprint density at radius 3 is 2.76 bits per heavy atom. The van der Waals surface area contributed by atoms with Crippen LogP contribution in [0.1, 0.15) is 22.5 Å². The Balaban J connectivity index is 1.32. The van der Waals surface area contributed by atoms with E-state index in [0.717, 1.165) is 30.2 Å². The molecule has 3 unspecified atom stereocenters. The van der Waals surface area contributed by atoms with Crippen LogP contribution in [0.4, 0.5) is 23.2 Å². The molecular weight excluding hydrogens is 478 g/mol. The van der Waals surface area contributed by atoms with Gasteiger partial charge in [0.25, 0.3) is 11.8 Å². The molecule has 1 aromatic heterocycles. The van der Waals surface area contributed by atoms with Crippen LogP contribution < -0.4 is 15.8 Å². The quantitative estimate of drug-likeness (QED) is 0.591. The van der Waals surface area contributed by atoms with Crippen molar-refractivity contribution in [1.82, 2.24) is 9.97 Å². The molecule has 5 rings (SSSR count). The molecular formula is C21H19F4N5O3S. The highest BCUT2D eigenvalue weighted by atomic mass is 32.2. The minimum Gasteiger partial charge on any atom is -0.476 e. The highest BCUT2D eigenvalue weighted by Gasteiger charge is 2.61. The van der Waals surface area contributed by atoms with Crippen LogP contribution in [0.25, 0.3) is 0 Å². The summed E-state index contributed by atoms with van der Waals surface area (Å²) in [6, 6.07) is 3.71. The third-order valence-electron chi connectivity index (χ3n) is 6.05. The lowest BCUT2D eigenvalue weighted by atomic mass is 9.79. The summed E-state index contributed by atoms with van der Waals surface area (Å²) in [5.41, 5.74) is 2.20. The van der Waals surface area contributed by atoms with Gasteiger partial charge in [0.15, 0.2) is 16.4 Å². The van der Waals surface area contributed by atoms with E-state index >= 15 is 4.39 Å². The molecule has 2 fully saturated rings. The standard InChI is InChI=1S/C21H19F4N5O3S/c22-14-2-1-12(3-13(14)20-9-32-8-19(20,23)10-34-18(26)30-20)29-17(31)15-5-28-16(6-27-15)33-7-11-4-21(11,24)25/h1-3,5-6,11H,4,7-10H2,(H2,26,30)(H,29,31). The third kappa shape index (κ3) is 3.96. The van der Waals surface area contributed by atoms with Gasteiger partial charge in [0.1, 0.15) is 11.5 Å². The van der Waals surface area contributed by atoms with Crippen molar-refractivity contribution < 1.29 is 31.8 Å². The molecule has 0 bridgehead atoms. The number of carbonyl (C=O) groups is 1. The number of fused-ring (bicyclic) bond motifs is 1. The number of hydrogen-bond acceptors (Lipinski definition) is 8. The molecule has 1 saturated carbocycles. The number of benzene rings is 1. The summed E-state index contributed by atoms with van der Waals surface area (Å²) >= 11 is 1.03. The zero-order valence-electron chi connectivity index (χ0n) is 17.6. The first-order valence-corrected chi connectivity index (χ1v) is 11.3. The van der Waals surface area contributed by atoms with Crippen LogP contribution in [0, 0.1) is 11.7 Å². The van der Waals surface area contributed by atoms with E-state index in [-0.39, 0.29) is 60.0 Å². The summed E-state index contributed by atoms with van der Waals surface area (Å²) in [6.07, 6.45) is 2.04. The van der Waals surface area contributed by atoms with Crippen molar-refractivity contribution in [2.75, 3.05) is 30.9 Å². The van der Waals surface area contributed by atoms with Crippen molar-refractivity contribution in [3.05, 3.63) is 47.7 Å². The van der Waals surface area contributed by atoms with Gasteiger partial charge in [-0.3, -0.25) is 4.79 Å². The molecule has 2 aromatic rings. The summed E-state index contributed by atoms with van der Waals surface area (Å²) in [5.74, 6) is -4.97. The van der Waals surface area contributed by atoms with Crippen molar-refractivity contribution in [1.29, 1.82) is 0 Å². The smallest absolute Gasteiger partial charge is 0.275 e. The zero-order chi connectivity index (χ0) is 24.1. The Bertz CT molecular complexity index is 1170. The number of alkyl halides is 3. The second-order valence-electron chi connectivity index (χ2n) is 8.42. The number of amides is 1. The molecule has 1 aromatic carbocycles. The van der Waals surface area contributed by atoms with E-state index < -0.39 is 34.8 Å². The number of rotatable bonds is 6. The average molecular weight is 497 g/mol. The number of anilines is 1. The highest BCUT2D eigenvalue weighted by Crippen LogP contribution is 2.51. The minimum atomic E-state index is -2.71. The van der Waals surface area contributed by atoms with Crippen molar-refractivity contribution in [3.63, 3.8) is 0 Å². The van der Waals surface area contributed by atoms with Gasteiger partial charge in [-0.05, 0) is 18.2 Å². The topological polar surface area (TPSA) is 112 Å². The van der Waals surface area contributed by atoms with E-state index in [4.69, 9.17) is 15.2 Å². The molecule has 1 aliphatic carbocycles. The van der Waals surface area contributed by atoms with Crippen LogP contribution in [0.5, 0.6) is 5.88 Å². The molecule has 13 heteroatoms. The second kappa shape index (κ2) is 8.08. The number of nitrogens with one attached hydrogen (secondary N) is 1. The van der Waals surface area contributed by atoms with E-state index in [1.807, 2.05) is 0 Å². The largest absolute Gasteiger partial charge is 0.476 e. The molecule has 34 heavy (non-hydrogen) atoms. The van der Waals surface area contributed by atoms with Gasteiger partial charge in [-0.25, -0.2) is 32.5 Å². The second-order valence-corrected chi connectivity index (χ2v) is 9.41. The van der Waals surface area contributed by atoms with Crippen LogP contribution >= 0.6 is 11.8 Å². The number of aromatic nitrogens is 2. The third-order valence-corrected chi connectivity index (χ3v) is 7.04. The predicted octanol–water partition coefficient (Wildman–Crippen LogP) is 2.90.